The molecule has 0 saturated heterocycles. The van der Waals surface area contributed by atoms with Gasteiger partial charge in [-0.25, -0.2) is 9.97 Å². The van der Waals surface area contributed by atoms with Crippen LogP contribution in [0.25, 0.3) is 169 Å². The molecule has 0 atom stereocenters. The minimum atomic E-state index is 0. The van der Waals surface area contributed by atoms with Gasteiger partial charge in [-0.15, -0.1) is 158 Å². The number of thiophene rings is 12. The van der Waals surface area contributed by atoms with E-state index in [1.54, 1.807) is 90.7 Å². The van der Waals surface area contributed by atoms with Gasteiger partial charge < -0.3 is 9.97 Å². The van der Waals surface area contributed by atoms with Gasteiger partial charge in [0.2, 0.25) is 0 Å². The average Bonchev–Trinajstić information content (AvgIpc) is 2.70. The predicted octanol–water partition coefficient (Wildman–Crippen LogP) is 24.7. The fourth-order valence-corrected chi connectivity index (χ4v) is 22.5. The Balaban J connectivity index is 0.00000588. The normalized spacial score (nSPS) is 12.0. The van der Waals surface area contributed by atoms with Crippen LogP contribution in [0.4, 0.5) is 0 Å². The van der Waals surface area contributed by atoms with Crippen molar-refractivity contribution in [1.82, 2.24) is 19.9 Å². The van der Waals surface area contributed by atoms with Crippen molar-refractivity contribution in [3.63, 3.8) is 0 Å². The van der Waals surface area contributed by atoms with E-state index in [9.17, 15) is 0 Å². The first-order valence-corrected chi connectivity index (χ1v) is 36.8. The van der Waals surface area contributed by atoms with Gasteiger partial charge in [-0.1, -0.05) is 72.8 Å². The molecule has 17 heteroatoms. The Morgan fingerprint density at radius 3 is 0.659 bits per heavy atom. The molecule has 0 aliphatic carbocycles. The minimum absolute atomic E-state index is 0. The Bertz CT molecular complexity index is 4470. The van der Waals surface area contributed by atoms with Crippen molar-refractivity contribution in [3.8, 4) is 123 Å². The summed E-state index contributed by atoms with van der Waals surface area (Å²) in [5.74, 6) is 0. The summed E-state index contributed by atoms with van der Waals surface area (Å²) < 4.78 is 0. The van der Waals surface area contributed by atoms with Crippen LogP contribution in [0.2, 0.25) is 0 Å². The molecule has 4 nitrogen and oxygen atoms in total. The fraction of sp³-hybridized carbons (Fsp3) is 0. The third-order valence-electron chi connectivity index (χ3n) is 14.7. The third kappa shape index (κ3) is 9.73. The maximum atomic E-state index is 5.89. The van der Waals surface area contributed by atoms with Gasteiger partial charge in [-0.05, 0) is 162 Å². The van der Waals surface area contributed by atoms with Gasteiger partial charge in [0.25, 0.3) is 0 Å². The molecule has 8 bridgehead atoms. The molecule has 0 N–H and O–H groups in total. The summed E-state index contributed by atoms with van der Waals surface area (Å²) in [4.78, 5) is 43.0. The summed E-state index contributed by atoms with van der Waals surface area (Å²) in [6.07, 6.45) is 8.88. The molecule has 85 heavy (non-hydrogen) atoms. The fourth-order valence-electron chi connectivity index (χ4n) is 11.0. The number of hydrogen-bond donors (Lipinski definition) is 0. The number of hydrogen-bond acceptors (Lipinski definition) is 14. The number of aromatic nitrogens is 4. The summed E-state index contributed by atoms with van der Waals surface area (Å²) in [6.45, 7) is 0. The zero-order chi connectivity index (χ0) is 55.2. The molecular formula is C68H36N4S12Zn. The first kappa shape index (κ1) is 54.0. The van der Waals surface area contributed by atoms with Gasteiger partial charge in [0.05, 0.1) is 42.3 Å². The molecule has 0 unspecified atom stereocenters. The maximum Gasteiger partial charge on any atom is 2.00 e. The van der Waals surface area contributed by atoms with Crippen molar-refractivity contribution >= 4 is 182 Å². The van der Waals surface area contributed by atoms with Crippen LogP contribution < -0.4 is 9.97 Å². The van der Waals surface area contributed by atoms with Crippen LogP contribution in [-0.4, -0.2) is 9.97 Å². The zero-order valence-corrected chi connectivity index (χ0v) is 56.9. The van der Waals surface area contributed by atoms with Gasteiger partial charge in [-0.3, -0.25) is 0 Å². The van der Waals surface area contributed by atoms with Gasteiger partial charge in [-0.2, -0.15) is 0 Å². The second-order valence-corrected chi connectivity index (χ2v) is 31.4. The van der Waals surface area contributed by atoms with Crippen LogP contribution >= 0.6 is 136 Å². The molecule has 15 aromatic heterocycles. The van der Waals surface area contributed by atoms with Crippen molar-refractivity contribution < 1.29 is 19.5 Å². The van der Waals surface area contributed by atoms with E-state index < -0.39 is 0 Å². The van der Waals surface area contributed by atoms with E-state index in [1.165, 1.54) is 78.0 Å². The van der Waals surface area contributed by atoms with Crippen LogP contribution in [0.3, 0.4) is 0 Å². The quantitative estimate of drug-likeness (QED) is 0.114. The molecule has 0 saturated carbocycles. The van der Waals surface area contributed by atoms with Gasteiger partial charge in [0, 0.05) is 80.8 Å². The van der Waals surface area contributed by atoms with Crippen molar-refractivity contribution in [2.24, 2.45) is 0 Å². The van der Waals surface area contributed by atoms with E-state index >= 15 is 0 Å². The molecule has 0 fully saturated rings. The smallest absolute Gasteiger partial charge is 0.657 e. The summed E-state index contributed by atoms with van der Waals surface area (Å²) in [5, 5.41) is 17.4. The SMILES string of the molecule is C1=Cc2nc1c(-c1cc(-c3cccs3)sc1-c1cccs1)c1ccc([n-]1)c(-c1cc(-c3cccs3)sc1-c1cccs1)c1nc(c(-c3cc(-c4cccs4)sc3-c3cccs3)c3ccc([n-]3)c2-c2cc(-c3cccs3)sc2-c2cccs2)C=C1.[Zn+2]. The van der Waals surface area contributed by atoms with Crippen molar-refractivity contribution in [2.75, 3.05) is 0 Å². The summed E-state index contributed by atoms with van der Waals surface area (Å²) >= 11 is 21.5. The molecule has 15 aromatic rings. The van der Waals surface area contributed by atoms with Crippen LogP contribution in [0, 0.1) is 0 Å². The van der Waals surface area contributed by atoms with Crippen molar-refractivity contribution in [1.29, 1.82) is 0 Å². The summed E-state index contributed by atoms with van der Waals surface area (Å²) in [7, 11) is 0. The second-order valence-electron chi connectivity index (χ2n) is 19.6. The van der Waals surface area contributed by atoms with E-state index in [4.69, 9.17) is 19.9 Å². The molecule has 17 rings (SSSR count). The van der Waals surface area contributed by atoms with E-state index in [1.807, 2.05) is 45.3 Å². The molecule has 2 aliphatic rings. The number of nitrogens with zero attached hydrogens (tertiary/aromatic N) is 4. The Labute approximate surface area is 549 Å². The number of rotatable bonds is 12. The Kier molecular flexibility index (Phi) is 14.4. The first-order chi connectivity index (χ1) is 41.6. The standard InChI is InChI=1S/C68H36N4S12.Zn/c1-9-49(73-25-1)57-33-37(65(81-57)53-13-5-29-77-53)61-41-17-19-43(69-41)62(38-34-58(50-10-2-26-74-50)82-66(38)54-14-6-30-78-54)45-21-23-47(71-45)64(40-36-60(52-12-4-28-76-52)84-68(40)56-16-8-32-80-56)48-24-22-46(72-48)63(44-20-18-42(61)70-44)39-35-59(51-11-3-27-75-51)83-67(39)55-15-7-31-79-55;/h1-36H;/q-2;+2. The molecular weight excluding hydrogens is 1320 g/mol. The molecule has 402 valence electrons. The zero-order valence-electron chi connectivity index (χ0n) is 44.2. The van der Waals surface area contributed by atoms with Crippen LogP contribution in [0.5, 0.6) is 0 Å². The minimum Gasteiger partial charge on any atom is -0.657 e. The predicted molar refractivity (Wildman–Crippen MR) is 377 cm³/mol. The maximum absolute atomic E-state index is 5.89. The second kappa shape index (κ2) is 22.7. The van der Waals surface area contributed by atoms with E-state index in [2.05, 4.69) is 213 Å². The van der Waals surface area contributed by atoms with Crippen molar-refractivity contribution in [2.45, 2.75) is 0 Å². The average molecular weight is 1360 g/mol. The Morgan fingerprint density at radius 1 is 0.247 bits per heavy atom. The molecule has 0 radical (unpaired) electrons. The van der Waals surface area contributed by atoms with Gasteiger partial charge in [0.15, 0.2) is 0 Å². The number of fused-ring (bicyclic) bond motifs is 8. The Morgan fingerprint density at radius 2 is 0.459 bits per heavy atom. The van der Waals surface area contributed by atoms with Crippen molar-refractivity contribution in [3.05, 3.63) is 211 Å². The molecule has 17 heterocycles. The van der Waals surface area contributed by atoms with Gasteiger partial charge >= 0.3 is 19.5 Å². The van der Waals surface area contributed by atoms with Crippen LogP contribution in [-0.2, 0) is 19.5 Å². The largest absolute Gasteiger partial charge is 2.00 e. The van der Waals surface area contributed by atoms with Crippen LogP contribution in [0.1, 0.15) is 22.8 Å². The summed E-state index contributed by atoms with van der Waals surface area (Å²) in [5.41, 5.74) is 15.2. The third-order valence-corrected chi connectivity index (χ3v) is 27.7. The molecule has 0 spiro atoms. The van der Waals surface area contributed by atoms with E-state index in [0.29, 0.717) is 0 Å². The van der Waals surface area contributed by atoms with E-state index in [-0.39, 0.29) is 19.5 Å². The molecule has 0 aromatic carbocycles. The topological polar surface area (TPSA) is 54.0 Å². The summed E-state index contributed by atoms with van der Waals surface area (Å²) in [6, 6.07) is 53.5. The van der Waals surface area contributed by atoms with Gasteiger partial charge in [0.1, 0.15) is 0 Å². The van der Waals surface area contributed by atoms with Crippen LogP contribution in [0.15, 0.2) is 189 Å². The Hall–Kier alpha value is -6.38. The first-order valence-electron chi connectivity index (χ1n) is 26.5. The monoisotopic (exact) mass is 1360 g/mol. The van der Waals surface area contributed by atoms with E-state index in [0.717, 1.165) is 89.4 Å². The molecule has 0 amide bonds. The molecule has 2 aliphatic heterocycles.